The van der Waals surface area contributed by atoms with Crippen LogP contribution in [0.5, 0.6) is 0 Å². The zero-order valence-corrected chi connectivity index (χ0v) is 10.5. The number of oxazole rings is 1. The second-order valence-corrected chi connectivity index (χ2v) is 4.32. The smallest absolute Gasteiger partial charge is 0.326 e. The molecule has 0 fully saturated rings. The molecule has 0 radical (unpaired) electrons. The molecule has 0 bridgehead atoms. The van der Waals surface area contributed by atoms with E-state index in [2.05, 4.69) is 10.3 Å². The van der Waals surface area contributed by atoms with E-state index in [1.807, 2.05) is 0 Å². The van der Waals surface area contributed by atoms with E-state index in [-0.39, 0.29) is 5.97 Å². The zero-order valence-electron chi connectivity index (χ0n) is 9.65. The van der Waals surface area contributed by atoms with Gasteiger partial charge in [0.05, 0.1) is 12.8 Å². The summed E-state index contributed by atoms with van der Waals surface area (Å²) in [6.45, 7) is 3.95. The van der Waals surface area contributed by atoms with Gasteiger partial charge >= 0.3 is 5.97 Å². The summed E-state index contributed by atoms with van der Waals surface area (Å²) in [6, 6.07) is 0. The molecular formula is C10H16N2O3S. The quantitative estimate of drug-likeness (QED) is 0.601. The molecule has 0 aromatic carbocycles. The van der Waals surface area contributed by atoms with Crippen LogP contribution >= 0.6 is 11.8 Å². The summed E-state index contributed by atoms with van der Waals surface area (Å²) in [4.78, 5) is 15.7. The largest absolute Gasteiger partial charge is 0.465 e. The lowest BCUT2D eigenvalue weighted by Gasteiger charge is -2.25. The third-order valence-electron chi connectivity index (χ3n) is 2.17. The summed E-state index contributed by atoms with van der Waals surface area (Å²) in [6.07, 6.45) is 3.08. The first-order valence-corrected chi connectivity index (χ1v) is 5.99. The molecule has 1 heterocycles. The van der Waals surface area contributed by atoms with Crippen LogP contribution in [0.2, 0.25) is 0 Å². The fraction of sp³-hybridized carbons (Fsp3) is 0.600. The molecular weight excluding hydrogens is 228 g/mol. The third kappa shape index (κ3) is 3.24. The highest BCUT2D eigenvalue weighted by molar-refractivity contribution is 7.99. The third-order valence-corrected chi connectivity index (χ3v) is 3.34. The van der Waals surface area contributed by atoms with Crippen LogP contribution in [0.1, 0.15) is 13.8 Å². The Bertz CT molecular complexity index is 329. The first-order chi connectivity index (χ1) is 7.62. The second kappa shape index (κ2) is 5.91. The number of thioether (sulfide) groups is 1. The molecule has 0 spiro atoms. The number of carbonyl (C=O) groups is 1. The van der Waals surface area contributed by atoms with Gasteiger partial charge in [-0.1, -0.05) is 11.8 Å². The predicted octanol–water partition coefficient (Wildman–Crippen LogP) is 1.31. The van der Waals surface area contributed by atoms with Gasteiger partial charge in [-0.2, -0.15) is 0 Å². The highest BCUT2D eigenvalue weighted by Gasteiger charge is 2.33. The predicted molar refractivity (Wildman–Crippen MR) is 61.3 cm³/mol. The Kier molecular flexibility index (Phi) is 4.82. The standard InChI is InChI=1S/C10H16N2O3S/c1-4-14-8(13)10(2,11-3)7-16-9-12-5-6-15-9/h5-6,11H,4,7H2,1-3H3. The van der Waals surface area contributed by atoms with Crippen LogP contribution in [0.25, 0.3) is 0 Å². The monoisotopic (exact) mass is 244 g/mol. The van der Waals surface area contributed by atoms with Gasteiger partial charge in [0.1, 0.15) is 11.8 Å². The van der Waals surface area contributed by atoms with Gasteiger partial charge in [-0.25, -0.2) is 4.98 Å². The van der Waals surface area contributed by atoms with Crippen LogP contribution < -0.4 is 5.32 Å². The summed E-state index contributed by atoms with van der Waals surface area (Å²) in [5.74, 6) is 0.236. The number of rotatable bonds is 6. The lowest BCUT2D eigenvalue weighted by molar-refractivity contribution is -0.149. The van der Waals surface area contributed by atoms with Crippen LogP contribution in [-0.2, 0) is 9.53 Å². The first-order valence-electron chi connectivity index (χ1n) is 5.01. The number of nitrogens with one attached hydrogen (secondary N) is 1. The number of carbonyl (C=O) groups excluding carboxylic acids is 1. The molecule has 1 aromatic heterocycles. The van der Waals surface area contributed by atoms with E-state index >= 15 is 0 Å². The molecule has 0 aliphatic heterocycles. The van der Waals surface area contributed by atoms with E-state index in [1.165, 1.54) is 18.0 Å². The van der Waals surface area contributed by atoms with Crippen LogP contribution in [0.3, 0.4) is 0 Å². The molecule has 0 amide bonds. The van der Waals surface area contributed by atoms with Crippen molar-refractivity contribution in [3.05, 3.63) is 12.5 Å². The number of aromatic nitrogens is 1. The molecule has 0 saturated heterocycles. The fourth-order valence-electron chi connectivity index (χ4n) is 1.01. The van der Waals surface area contributed by atoms with Crippen molar-refractivity contribution < 1.29 is 13.9 Å². The fourth-order valence-corrected chi connectivity index (χ4v) is 1.94. The number of hydrogen-bond donors (Lipinski definition) is 1. The van der Waals surface area contributed by atoms with Crippen molar-refractivity contribution in [1.82, 2.24) is 10.3 Å². The Balaban J connectivity index is 2.56. The molecule has 16 heavy (non-hydrogen) atoms. The van der Waals surface area contributed by atoms with Gasteiger partial charge in [-0.15, -0.1) is 0 Å². The summed E-state index contributed by atoms with van der Waals surface area (Å²) in [5.41, 5.74) is -0.727. The lowest BCUT2D eigenvalue weighted by atomic mass is 10.1. The maximum absolute atomic E-state index is 11.7. The summed E-state index contributed by atoms with van der Waals surface area (Å²) in [7, 11) is 1.73. The van der Waals surface area contributed by atoms with Crippen LogP contribution in [0.15, 0.2) is 22.1 Å². The van der Waals surface area contributed by atoms with Crippen molar-refractivity contribution in [2.45, 2.75) is 24.6 Å². The molecule has 1 unspecified atom stereocenters. The van der Waals surface area contributed by atoms with Crippen molar-refractivity contribution in [2.24, 2.45) is 0 Å². The van der Waals surface area contributed by atoms with Crippen molar-refractivity contribution in [2.75, 3.05) is 19.4 Å². The topological polar surface area (TPSA) is 64.4 Å². The molecule has 90 valence electrons. The summed E-state index contributed by atoms with van der Waals surface area (Å²) in [5, 5.41) is 3.51. The number of esters is 1. The Morgan fingerprint density at radius 2 is 2.50 bits per heavy atom. The number of ether oxygens (including phenoxy) is 1. The molecule has 6 heteroatoms. The number of hydrogen-bond acceptors (Lipinski definition) is 6. The molecule has 0 saturated carbocycles. The lowest BCUT2D eigenvalue weighted by Crippen LogP contribution is -2.50. The Hall–Kier alpha value is -1.01. The van der Waals surface area contributed by atoms with Crippen molar-refractivity contribution in [3.63, 3.8) is 0 Å². The maximum Gasteiger partial charge on any atom is 0.326 e. The summed E-state index contributed by atoms with van der Waals surface area (Å²) < 4.78 is 10.1. The van der Waals surface area contributed by atoms with Crippen molar-refractivity contribution in [3.8, 4) is 0 Å². The number of likely N-dealkylation sites (N-methyl/N-ethyl adjacent to an activating group) is 1. The summed E-state index contributed by atoms with van der Waals surface area (Å²) >= 11 is 1.37. The molecule has 1 aromatic rings. The Labute approximate surface area is 98.9 Å². The molecule has 5 nitrogen and oxygen atoms in total. The molecule has 1 rings (SSSR count). The normalized spacial score (nSPS) is 14.4. The first kappa shape index (κ1) is 13.1. The minimum atomic E-state index is -0.727. The minimum absolute atomic E-state index is 0.267. The van der Waals surface area contributed by atoms with Gasteiger partial charge in [0.25, 0.3) is 5.22 Å². The van der Waals surface area contributed by atoms with Crippen LogP contribution in [-0.4, -0.2) is 35.9 Å². The molecule has 0 aliphatic carbocycles. The molecule has 0 aliphatic rings. The van der Waals surface area contributed by atoms with Gasteiger partial charge in [-0.3, -0.25) is 4.79 Å². The molecule has 1 N–H and O–H groups in total. The van der Waals surface area contributed by atoms with E-state index < -0.39 is 5.54 Å². The van der Waals surface area contributed by atoms with Gasteiger partial charge in [-0.05, 0) is 20.9 Å². The highest BCUT2D eigenvalue weighted by Crippen LogP contribution is 2.21. The second-order valence-electron chi connectivity index (χ2n) is 3.39. The van der Waals surface area contributed by atoms with Gasteiger partial charge in [0.15, 0.2) is 0 Å². The SMILES string of the molecule is CCOC(=O)C(C)(CSc1ncco1)NC. The van der Waals surface area contributed by atoms with Gasteiger partial charge in [0, 0.05) is 5.75 Å². The molecule has 1 atom stereocenters. The van der Waals surface area contributed by atoms with E-state index in [0.29, 0.717) is 17.6 Å². The number of nitrogens with zero attached hydrogens (tertiary/aromatic N) is 1. The average Bonchev–Trinajstić information content (AvgIpc) is 2.79. The van der Waals surface area contributed by atoms with Crippen molar-refractivity contribution in [1.29, 1.82) is 0 Å². The Morgan fingerprint density at radius 1 is 1.75 bits per heavy atom. The van der Waals surface area contributed by atoms with E-state index in [1.54, 1.807) is 27.1 Å². The minimum Gasteiger partial charge on any atom is -0.465 e. The van der Waals surface area contributed by atoms with Crippen LogP contribution in [0.4, 0.5) is 0 Å². The van der Waals surface area contributed by atoms with Crippen LogP contribution in [0, 0.1) is 0 Å². The Morgan fingerprint density at radius 3 is 3.00 bits per heavy atom. The highest BCUT2D eigenvalue weighted by atomic mass is 32.2. The van der Waals surface area contributed by atoms with E-state index in [9.17, 15) is 4.79 Å². The maximum atomic E-state index is 11.7. The van der Waals surface area contributed by atoms with Crippen molar-refractivity contribution >= 4 is 17.7 Å². The van der Waals surface area contributed by atoms with E-state index in [0.717, 1.165) is 0 Å². The van der Waals surface area contributed by atoms with Gasteiger partial charge in [0.2, 0.25) is 0 Å². The van der Waals surface area contributed by atoms with E-state index in [4.69, 9.17) is 9.15 Å². The van der Waals surface area contributed by atoms with Gasteiger partial charge < -0.3 is 14.5 Å². The zero-order chi connectivity index (χ0) is 12.0. The average molecular weight is 244 g/mol.